The lowest BCUT2D eigenvalue weighted by atomic mass is 9.82. The van der Waals surface area contributed by atoms with Crippen LogP contribution in [0.1, 0.15) is 30.7 Å². The van der Waals surface area contributed by atoms with Gasteiger partial charge in [0.1, 0.15) is 0 Å². The molecule has 4 atom stereocenters. The van der Waals surface area contributed by atoms with Crippen molar-refractivity contribution in [1.29, 1.82) is 0 Å². The summed E-state index contributed by atoms with van der Waals surface area (Å²) in [5.41, 5.74) is -1.20. The molecule has 1 aromatic rings. The Kier molecular flexibility index (Phi) is 2.99. The molecule has 0 unspecified atom stereocenters. The third-order valence-corrected chi connectivity index (χ3v) is 6.06. The summed E-state index contributed by atoms with van der Waals surface area (Å²) in [4.78, 5) is 23.5. The van der Waals surface area contributed by atoms with E-state index in [1.54, 1.807) is 24.3 Å². The van der Waals surface area contributed by atoms with E-state index >= 15 is 0 Å². The predicted octanol–water partition coefficient (Wildman–Crippen LogP) is 2.25. The van der Waals surface area contributed by atoms with E-state index in [0.29, 0.717) is 12.8 Å². The van der Waals surface area contributed by atoms with Crippen molar-refractivity contribution in [1.82, 2.24) is 0 Å². The number of ketones is 1. The molecular weight excluding hydrogens is 326 g/mol. The maximum atomic E-state index is 12.4. The molecule has 0 spiro atoms. The minimum absolute atomic E-state index is 0.137. The molecule has 2 aliphatic rings. The minimum Gasteiger partial charge on any atom is -0.375 e. The summed E-state index contributed by atoms with van der Waals surface area (Å²) in [7, 11) is 0. The Balaban J connectivity index is 2.22. The third kappa shape index (κ3) is 1.49. The highest BCUT2D eigenvalue weighted by molar-refractivity contribution is 9.10. The van der Waals surface area contributed by atoms with Crippen LogP contribution in [0.4, 0.5) is 0 Å². The topological polar surface area (TPSA) is 80.4 Å². The van der Waals surface area contributed by atoms with Gasteiger partial charge < -0.3 is 5.11 Å². The highest BCUT2D eigenvalue weighted by Gasteiger charge is 2.77. The lowest BCUT2D eigenvalue weighted by Crippen LogP contribution is -2.56. The van der Waals surface area contributed by atoms with Crippen LogP contribution in [0.3, 0.4) is 0 Å². The van der Waals surface area contributed by atoms with Gasteiger partial charge >= 0.3 is 4.45 Å². The van der Waals surface area contributed by atoms with Gasteiger partial charge in [-0.15, -0.1) is 0 Å². The van der Waals surface area contributed by atoms with Gasteiger partial charge in [-0.3, -0.25) is 14.9 Å². The summed E-state index contributed by atoms with van der Waals surface area (Å²) < 4.78 is -1.83. The van der Waals surface area contributed by atoms with Crippen molar-refractivity contribution in [3.05, 3.63) is 46.0 Å². The van der Waals surface area contributed by atoms with Crippen molar-refractivity contribution in [2.75, 3.05) is 0 Å². The fraction of sp³-hybridized carbons (Fsp3) is 0.500. The molecule has 2 bridgehead atoms. The van der Waals surface area contributed by atoms with Gasteiger partial charge in [-0.25, -0.2) is 0 Å². The number of carbonyl (C=O) groups excluding carboxylic acids is 1. The van der Waals surface area contributed by atoms with E-state index in [1.165, 1.54) is 0 Å². The number of carbonyl (C=O) groups is 1. The normalized spacial score (nSPS) is 39.8. The zero-order chi connectivity index (χ0) is 14.5. The Morgan fingerprint density at radius 2 is 2.00 bits per heavy atom. The van der Waals surface area contributed by atoms with E-state index in [0.717, 1.165) is 5.56 Å². The largest absolute Gasteiger partial charge is 0.375 e. The van der Waals surface area contributed by atoms with E-state index in [1.807, 2.05) is 6.07 Å². The van der Waals surface area contributed by atoms with Gasteiger partial charge in [-0.05, 0) is 24.8 Å². The van der Waals surface area contributed by atoms with Crippen LogP contribution in [0.5, 0.6) is 0 Å². The first-order valence-corrected chi connectivity index (χ1v) is 7.37. The molecule has 20 heavy (non-hydrogen) atoms. The van der Waals surface area contributed by atoms with Crippen LogP contribution in [0.15, 0.2) is 30.3 Å². The summed E-state index contributed by atoms with van der Waals surface area (Å²) in [5, 5.41) is 22.3. The van der Waals surface area contributed by atoms with Gasteiger partial charge in [0, 0.05) is 26.8 Å². The number of fused-ring (bicyclic) bond motifs is 2. The van der Waals surface area contributed by atoms with Gasteiger partial charge in [0.05, 0.1) is 5.92 Å². The Morgan fingerprint density at radius 1 is 1.35 bits per heavy atom. The molecule has 0 aliphatic heterocycles. The van der Waals surface area contributed by atoms with Crippen LogP contribution >= 0.6 is 15.9 Å². The molecule has 106 valence electrons. The van der Waals surface area contributed by atoms with Crippen molar-refractivity contribution in [3.8, 4) is 0 Å². The number of rotatable bonds is 2. The first-order chi connectivity index (χ1) is 9.43. The van der Waals surface area contributed by atoms with E-state index in [-0.39, 0.29) is 6.42 Å². The van der Waals surface area contributed by atoms with Crippen molar-refractivity contribution < 1.29 is 14.8 Å². The Morgan fingerprint density at radius 3 is 2.60 bits per heavy atom. The molecule has 0 aromatic heterocycles. The van der Waals surface area contributed by atoms with Gasteiger partial charge in [-0.2, -0.15) is 0 Å². The average molecular weight is 340 g/mol. The van der Waals surface area contributed by atoms with Crippen molar-refractivity contribution >= 4 is 21.7 Å². The maximum absolute atomic E-state index is 12.4. The quantitative estimate of drug-likeness (QED) is 0.388. The highest BCUT2D eigenvalue weighted by atomic mass is 79.9. The van der Waals surface area contributed by atoms with Crippen LogP contribution in [0, 0.1) is 16.0 Å². The summed E-state index contributed by atoms with van der Waals surface area (Å²) in [6, 6.07) is 8.96. The number of hydrogen-bond acceptors (Lipinski definition) is 4. The van der Waals surface area contributed by atoms with Crippen molar-refractivity contribution in [2.24, 2.45) is 5.92 Å². The fourth-order valence-corrected chi connectivity index (χ4v) is 4.68. The van der Waals surface area contributed by atoms with Gasteiger partial charge in [-0.1, -0.05) is 30.3 Å². The molecule has 0 amide bonds. The zero-order valence-corrected chi connectivity index (χ0v) is 12.2. The highest BCUT2D eigenvalue weighted by Crippen LogP contribution is 2.60. The van der Waals surface area contributed by atoms with Crippen LogP contribution in [-0.4, -0.2) is 25.9 Å². The first kappa shape index (κ1) is 13.7. The number of halogens is 1. The van der Waals surface area contributed by atoms with Gasteiger partial charge in [0.2, 0.25) is 5.60 Å². The van der Waals surface area contributed by atoms with Crippen LogP contribution in [0.2, 0.25) is 0 Å². The average Bonchev–Trinajstić information content (AvgIpc) is 2.54. The minimum atomic E-state index is -1.92. The van der Waals surface area contributed by atoms with E-state index in [9.17, 15) is 20.0 Å². The lowest BCUT2D eigenvalue weighted by molar-refractivity contribution is -0.555. The number of nitro groups is 1. The number of nitrogens with zero attached hydrogens (tertiary/aromatic N) is 1. The molecule has 0 saturated heterocycles. The van der Waals surface area contributed by atoms with Gasteiger partial charge in [0.25, 0.3) is 0 Å². The predicted molar refractivity (Wildman–Crippen MR) is 75.1 cm³/mol. The molecule has 1 N–H and O–H groups in total. The molecule has 6 heteroatoms. The second-order valence-electron chi connectivity index (χ2n) is 5.54. The molecule has 3 rings (SSSR count). The maximum Gasteiger partial charge on any atom is 0.317 e. The molecular formula is C14H14BrNO4. The SMILES string of the molecule is O=C1[C@H]2CCC[C@]1(O)[C@@](Br)([N+](=O)[O-])[C@@H]2c1ccccc1. The molecule has 2 saturated carbocycles. The number of hydrogen-bond donors (Lipinski definition) is 1. The molecule has 5 nitrogen and oxygen atoms in total. The fourth-order valence-electron chi connectivity index (χ4n) is 3.71. The van der Waals surface area contributed by atoms with Crippen LogP contribution in [0.25, 0.3) is 0 Å². The van der Waals surface area contributed by atoms with Crippen LogP contribution in [-0.2, 0) is 4.79 Å². The smallest absolute Gasteiger partial charge is 0.317 e. The second kappa shape index (κ2) is 4.36. The number of aliphatic hydroxyl groups is 1. The Labute approximate surface area is 124 Å². The molecule has 0 heterocycles. The molecule has 0 radical (unpaired) electrons. The van der Waals surface area contributed by atoms with Crippen molar-refractivity contribution in [2.45, 2.75) is 35.2 Å². The van der Waals surface area contributed by atoms with Gasteiger partial charge in [0.15, 0.2) is 5.78 Å². The summed E-state index contributed by atoms with van der Waals surface area (Å²) in [6.07, 6.45) is 1.34. The van der Waals surface area contributed by atoms with E-state index < -0.39 is 32.6 Å². The van der Waals surface area contributed by atoms with Crippen molar-refractivity contribution in [3.63, 3.8) is 0 Å². The third-order valence-electron chi connectivity index (χ3n) is 4.62. The molecule has 2 aliphatic carbocycles. The zero-order valence-electron chi connectivity index (χ0n) is 10.7. The number of benzene rings is 1. The summed E-state index contributed by atoms with van der Waals surface area (Å²) >= 11 is 3.15. The summed E-state index contributed by atoms with van der Waals surface area (Å²) in [6.45, 7) is 0. The number of Topliss-reactive ketones (excluding diaryl/α,β-unsaturated/α-hetero) is 1. The summed E-state index contributed by atoms with van der Waals surface area (Å²) in [5.74, 6) is -1.54. The second-order valence-corrected chi connectivity index (χ2v) is 6.75. The number of alkyl halides is 1. The lowest BCUT2D eigenvalue weighted by Gasteiger charge is -2.31. The Bertz CT molecular complexity index is 578. The monoisotopic (exact) mass is 339 g/mol. The molecule has 2 fully saturated rings. The van der Waals surface area contributed by atoms with E-state index in [2.05, 4.69) is 15.9 Å². The standard InChI is InChI=1S/C14H14BrNO4/c15-14(16(19)20)11(9-5-2-1-3-6-9)10-7-4-8-13(14,18)12(10)17/h1-3,5-6,10-11,18H,4,7-8H2/t10-,11+,13+,14-/m0/s1. The van der Waals surface area contributed by atoms with Crippen LogP contribution < -0.4 is 0 Å². The molecule has 1 aromatic carbocycles. The Hall–Kier alpha value is -1.27. The van der Waals surface area contributed by atoms with E-state index in [4.69, 9.17) is 0 Å². The first-order valence-electron chi connectivity index (χ1n) is 6.58.